The van der Waals surface area contributed by atoms with Crippen molar-refractivity contribution in [3.05, 3.63) is 52.2 Å². The van der Waals surface area contributed by atoms with E-state index < -0.39 is 5.91 Å². The van der Waals surface area contributed by atoms with Crippen LogP contribution in [0.2, 0.25) is 0 Å². The molecule has 0 unspecified atom stereocenters. The van der Waals surface area contributed by atoms with Crippen molar-refractivity contribution in [2.45, 2.75) is 6.92 Å². The third-order valence-corrected chi connectivity index (χ3v) is 4.37. The molecule has 0 aliphatic heterocycles. The number of rotatable bonds is 3. The summed E-state index contributed by atoms with van der Waals surface area (Å²) in [5.41, 5.74) is 5.63. The van der Waals surface area contributed by atoms with Crippen molar-refractivity contribution in [3.63, 3.8) is 0 Å². The van der Waals surface area contributed by atoms with Crippen LogP contribution in [0.4, 0.5) is 0 Å². The van der Waals surface area contributed by atoms with Crippen molar-refractivity contribution >= 4 is 37.4 Å². The molecule has 0 saturated carbocycles. The number of amides is 1. The second-order valence-corrected chi connectivity index (χ2v) is 5.68. The van der Waals surface area contributed by atoms with Crippen molar-refractivity contribution in [3.8, 4) is 5.75 Å². The van der Waals surface area contributed by atoms with E-state index in [0.29, 0.717) is 28.7 Å². The van der Waals surface area contributed by atoms with Gasteiger partial charge in [0.2, 0.25) is 5.91 Å². The smallest absolute Gasteiger partial charge is 0.248 e. The minimum Gasteiger partial charge on any atom is -0.494 e. The number of hydrogen-bond donors (Lipinski definition) is 1. The van der Waals surface area contributed by atoms with Gasteiger partial charge in [0.1, 0.15) is 5.75 Å². The molecular formula is C16H13NO3S. The Kier molecular flexibility index (Phi) is 3.35. The topological polar surface area (TPSA) is 69.4 Å². The number of nitrogens with two attached hydrogens (primary N) is 1. The Labute approximate surface area is 124 Å². The van der Waals surface area contributed by atoms with Gasteiger partial charge in [0, 0.05) is 25.7 Å². The molecule has 0 fully saturated rings. The minimum absolute atomic E-state index is 0.0590. The van der Waals surface area contributed by atoms with E-state index in [1.165, 1.54) is 11.3 Å². The Morgan fingerprint density at radius 1 is 1.14 bits per heavy atom. The molecule has 3 aromatic rings. The second kappa shape index (κ2) is 5.18. The standard InChI is InChI=1S/C16H13NO3S/c1-2-20-10-4-6-13-12(8-10)15(18)11-5-3-9(16(17)19)7-14(11)21-13/h3-8H,2H2,1H3,(H2,17,19). The molecule has 3 rings (SSSR count). The van der Waals surface area contributed by atoms with Gasteiger partial charge in [0.05, 0.1) is 6.61 Å². The lowest BCUT2D eigenvalue weighted by atomic mass is 10.1. The fraction of sp³-hybridized carbons (Fsp3) is 0.125. The lowest BCUT2D eigenvalue weighted by Gasteiger charge is -2.06. The number of benzene rings is 2. The first kappa shape index (κ1) is 13.6. The van der Waals surface area contributed by atoms with E-state index in [1.807, 2.05) is 19.1 Å². The largest absolute Gasteiger partial charge is 0.494 e. The van der Waals surface area contributed by atoms with Crippen LogP contribution < -0.4 is 15.9 Å². The summed E-state index contributed by atoms with van der Waals surface area (Å²) in [7, 11) is 0. The van der Waals surface area contributed by atoms with Crippen LogP contribution in [0, 0.1) is 0 Å². The zero-order valence-electron chi connectivity index (χ0n) is 11.4. The molecule has 0 aliphatic rings. The molecule has 2 N–H and O–H groups in total. The quantitative estimate of drug-likeness (QED) is 0.756. The Morgan fingerprint density at radius 3 is 2.67 bits per heavy atom. The van der Waals surface area contributed by atoms with Crippen molar-refractivity contribution in [1.82, 2.24) is 0 Å². The molecule has 21 heavy (non-hydrogen) atoms. The van der Waals surface area contributed by atoms with Crippen LogP contribution >= 0.6 is 11.3 Å². The van der Waals surface area contributed by atoms with E-state index in [2.05, 4.69) is 0 Å². The Morgan fingerprint density at radius 2 is 1.95 bits per heavy atom. The van der Waals surface area contributed by atoms with E-state index in [1.54, 1.807) is 24.3 Å². The summed E-state index contributed by atoms with van der Waals surface area (Å²) in [6, 6.07) is 10.4. The molecule has 1 amide bonds. The van der Waals surface area contributed by atoms with Crippen molar-refractivity contribution in [2.75, 3.05) is 6.61 Å². The second-order valence-electron chi connectivity index (χ2n) is 4.60. The van der Waals surface area contributed by atoms with E-state index >= 15 is 0 Å². The van der Waals surface area contributed by atoms with Gasteiger partial charge in [-0.3, -0.25) is 9.59 Å². The zero-order valence-corrected chi connectivity index (χ0v) is 12.2. The van der Waals surface area contributed by atoms with E-state index in [9.17, 15) is 9.59 Å². The first-order valence-electron chi connectivity index (χ1n) is 6.53. The Bertz CT molecular complexity index is 914. The molecule has 1 heterocycles. The van der Waals surface area contributed by atoms with Crippen LogP contribution in [0.5, 0.6) is 5.75 Å². The normalized spacial score (nSPS) is 10.9. The van der Waals surface area contributed by atoms with Crippen LogP contribution in [0.3, 0.4) is 0 Å². The molecule has 1 aromatic heterocycles. The molecule has 0 bridgehead atoms. The molecule has 0 radical (unpaired) electrons. The van der Waals surface area contributed by atoms with Crippen molar-refractivity contribution < 1.29 is 9.53 Å². The SMILES string of the molecule is CCOc1ccc2sc3cc(C(N)=O)ccc3c(=O)c2c1. The number of primary amides is 1. The lowest BCUT2D eigenvalue weighted by molar-refractivity contribution is 0.100. The molecule has 0 atom stereocenters. The third kappa shape index (κ3) is 2.36. The third-order valence-electron chi connectivity index (χ3n) is 3.24. The van der Waals surface area contributed by atoms with Gasteiger partial charge >= 0.3 is 0 Å². The van der Waals surface area contributed by atoms with Gasteiger partial charge in [-0.2, -0.15) is 0 Å². The maximum Gasteiger partial charge on any atom is 0.248 e. The highest BCUT2D eigenvalue weighted by atomic mass is 32.1. The molecule has 4 nitrogen and oxygen atoms in total. The van der Waals surface area contributed by atoms with Gasteiger partial charge in [-0.05, 0) is 43.3 Å². The summed E-state index contributed by atoms with van der Waals surface area (Å²) >= 11 is 1.46. The molecule has 0 spiro atoms. The number of ether oxygens (including phenoxy) is 1. The Hall–Kier alpha value is -2.40. The fourth-order valence-electron chi connectivity index (χ4n) is 2.24. The van der Waals surface area contributed by atoms with Crippen LogP contribution in [0.15, 0.2) is 41.2 Å². The number of hydrogen-bond acceptors (Lipinski definition) is 4. The van der Waals surface area contributed by atoms with Crippen molar-refractivity contribution in [1.29, 1.82) is 0 Å². The van der Waals surface area contributed by atoms with Crippen molar-refractivity contribution in [2.24, 2.45) is 5.73 Å². The number of carbonyl (C=O) groups is 1. The zero-order chi connectivity index (χ0) is 15.0. The summed E-state index contributed by atoms with van der Waals surface area (Å²) in [5.74, 6) is 0.186. The average molecular weight is 299 g/mol. The van der Waals surface area contributed by atoms with Gasteiger partial charge in [0.25, 0.3) is 0 Å². The molecule has 0 saturated heterocycles. The predicted molar refractivity (Wildman–Crippen MR) is 85.3 cm³/mol. The molecule has 5 heteroatoms. The minimum atomic E-state index is -0.497. The van der Waals surface area contributed by atoms with Gasteiger partial charge in [0.15, 0.2) is 5.43 Å². The average Bonchev–Trinajstić information content (AvgIpc) is 2.48. The highest BCUT2D eigenvalue weighted by Crippen LogP contribution is 2.28. The summed E-state index contributed by atoms with van der Waals surface area (Å²) in [6.45, 7) is 2.45. The summed E-state index contributed by atoms with van der Waals surface area (Å²) < 4.78 is 7.05. The monoisotopic (exact) mass is 299 g/mol. The molecule has 0 aliphatic carbocycles. The van der Waals surface area contributed by atoms with Crippen LogP contribution in [-0.2, 0) is 0 Å². The van der Waals surface area contributed by atoms with Gasteiger partial charge in [-0.1, -0.05) is 0 Å². The summed E-state index contributed by atoms with van der Waals surface area (Å²) in [5, 5.41) is 1.22. The van der Waals surface area contributed by atoms with Crippen LogP contribution in [0.1, 0.15) is 17.3 Å². The van der Waals surface area contributed by atoms with Gasteiger partial charge in [-0.15, -0.1) is 11.3 Å². The summed E-state index contributed by atoms with van der Waals surface area (Å²) in [6.07, 6.45) is 0. The van der Waals surface area contributed by atoms with E-state index in [-0.39, 0.29) is 5.43 Å². The van der Waals surface area contributed by atoms with Crippen LogP contribution in [0.25, 0.3) is 20.2 Å². The molecular weight excluding hydrogens is 286 g/mol. The predicted octanol–water partition coefficient (Wildman–Crippen LogP) is 2.91. The fourth-order valence-corrected chi connectivity index (χ4v) is 3.33. The first-order valence-corrected chi connectivity index (χ1v) is 7.35. The van der Waals surface area contributed by atoms with Gasteiger partial charge < -0.3 is 10.5 Å². The number of carbonyl (C=O) groups excluding carboxylic acids is 1. The highest BCUT2D eigenvalue weighted by molar-refractivity contribution is 7.24. The van der Waals surface area contributed by atoms with Crippen LogP contribution in [-0.4, -0.2) is 12.5 Å². The van der Waals surface area contributed by atoms with E-state index in [0.717, 1.165) is 9.40 Å². The maximum absolute atomic E-state index is 12.6. The molecule has 106 valence electrons. The first-order chi connectivity index (χ1) is 10.1. The lowest BCUT2D eigenvalue weighted by Crippen LogP contribution is -2.11. The summed E-state index contributed by atoms with van der Waals surface area (Å²) in [4.78, 5) is 23.8. The maximum atomic E-state index is 12.6. The van der Waals surface area contributed by atoms with E-state index in [4.69, 9.17) is 10.5 Å². The highest BCUT2D eigenvalue weighted by Gasteiger charge is 2.09. The van der Waals surface area contributed by atoms with Gasteiger partial charge in [-0.25, -0.2) is 0 Å². The Balaban J connectivity index is 2.32. The molecule has 2 aromatic carbocycles. The number of fused-ring (bicyclic) bond motifs is 2.